The van der Waals surface area contributed by atoms with Gasteiger partial charge >= 0.3 is 0 Å². The van der Waals surface area contributed by atoms with Gasteiger partial charge in [0, 0.05) is 18.8 Å². The summed E-state index contributed by atoms with van der Waals surface area (Å²) in [5.74, 6) is 0. The molecule has 0 atom stereocenters. The molecule has 0 radical (unpaired) electrons. The van der Waals surface area contributed by atoms with Gasteiger partial charge in [-0.05, 0) is 55.1 Å². The molecule has 3 aromatic rings. The Bertz CT molecular complexity index is 736. The lowest BCUT2D eigenvalue weighted by molar-refractivity contribution is 0.673. The van der Waals surface area contributed by atoms with Crippen molar-refractivity contribution in [1.29, 1.82) is 0 Å². The molecule has 20 heavy (non-hydrogen) atoms. The fourth-order valence-corrected chi connectivity index (χ4v) is 2.70. The number of nitrogens with two attached hydrogens (primary N) is 1. The number of aromatic nitrogens is 3. The van der Waals surface area contributed by atoms with E-state index in [-0.39, 0.29) is 0 Å². The topological polar surface area (TPSA) is 48.8 Å². The lowest BCUT2D eigenvalue weighted by atomic mass is 10.1. The predicted molar refractivity (Wildman–Crippen MR) is 81.7 cm³/mol. The van der Waals surface area contributed by atoms with Crippen LogP contribution in [-0.2, 0) is 20.0 Å². The van der Waals surface area contributed by atoms with Crippen LogP contribution in [0.4, 0.5) is 0 Å². The van der Waals surface area contributed by atoms with E-state index in [0.717, 1.165) is 18.7 Å². The molecule has 0 unspecified atom stereocenters. The number of benzene rings is 1. The Hall–Kier alpha value is -2.07. The summed E-state index contributed by atoms with van der Waals surface area (Å²) in [5, 5.41) is 5.67. The standard InChI is InChI=1S/C16H20N4/c1-12-9-15(19(2)18-12)11-20-8-6-14-10-13(5-7-17)3-4-16(14)20/h3-4,6,8-10H,5,7,11,17H2,1-2H3. The third kappa shape index (κ3) is 2.34. The number of rotatable bonds is 4. The summed E-state index contributed by atoms with van der Waals surface area (Å²) in [4.78, 5) is 0. The molecule has 2 aromatic heterocycles. The van der Waals surface area contributed by atoms with Crippen molar-refractivity contribution in [2.75, 3.05) is 6.54 Å². The van der Waals surface area contributed by atoms with Gasteiger partial charge < -0.3 is 10.3 Å². The van der Waals surface area contributed by atoms with Gasteiger partial charge in [-0.3, -0.25) is 4.68 Å². The zero-order chi connectivity index (χ0) is 14.1. The first-order valence-corrected chi connectivity index (χ1v) is 6.95. The van der Waals surface area contributed by atoms with Crippen LogP contribution in [0.15, 0.2) is 36.5 Å². The Morgan fingerprint density at radius 2 is 2.05 bits per heavy atom. The third-order valence-corrected chi connectivity index (χ3v) is 3.70. The Balaban J connectivity index is 1.94. The molecule has 3 rings (SSSR count). The number of aryl methyl sites for hydroxylation is 2. The molecule has 0 amide bonds. The molecule has 104 valence electrons. The molecule has 0 aliphatic carbocycles. The molecule has 4 heteroatoms. The van der Waals surface area contributed by atoms with Crippen molar-refractivity contribution in [1.82, 2.24) is 14.3 Å². The second-order valence-corrected chi connectivity index (χ2v) is 5.28. The lowest BCUT2D eigenvalue weighted by Crippen LogP contribution is -2.05. The van der Waals surface area contributed by atoms with E-state index < -0.39 is 0 Å². The molecule has 2 heterocycles. The normalized spacial score (nSPS) is 11.3. The smallest absolute Gasteiger partial charge is 0.0645 e. The van der Waals surface area contributed by atoms with Crippen molar-refractivity contribution < 1.29 is 0 Å². The molecular formula is C16H20N4. The van der Waals surface area contributed by atoms with E-state index in [4.69, 9.17) is 5.73 Å². The van der Waals surface area contributed by atoms with Gasteiger partial charge in [0.2, 0.25) is 0 Å². The Labute approximate surface area is 118 Å². The fraction of sp³-hybridized carbons (Fsp3) is 0.312. The first-order chi connectivity index (χ1) is 9.67. The quantitative estimate of drug-likeness (QED) is 0.789. The van der Waals surface area contributed by atoms with Gasteiger partial charge in [0.25, 0.3) is 0 Å². The van der Waals surface area contributed by atoms with E-state index >= 15 is 0 Å². The zero-order valence-electron chi connectivity index (χ0n) is 12.0. The van der Waals surface area contributed by atoms with E-state index in [1.54, 1.807) is 0 Å². The minimum atomic E-state index is 0.695. The second-order valence-electron chi connectivity index (χ2n) is 5.28. The molecule has 0 bridgehead atoms. The summed E-state index contributed by atoms with van der Waals surface area (Å²) in [7, 11) is 1.99. The SMILES string of the molecule is Cc1cc(Cn2ccc3cc(CCN)ccc32)n(C)n1. The third-order valence-electron chi connectivity index (χ3n) is 3.70. The van der Waals surface area contributed by atoms with Crippen molar-refractivity contribution >= 4 is 10.9 Å². The van der Waals surface area contributed by atoms with Crippen LogP contribution >= 0.6 is 0 Å². The largest absolute Gasteiger partial charge is 0.341 e. The van der Waals surface area contributed by atoms with Gasteiger partial charge in [0.15, 0.2) is 0 Å². The first kappa shape index (κ1) is 12.9. The summed E-state index contributed by atoms with van der Waals surface area (Å²) >= 11 is 0. The minimum absolute atomic E-state index is 0.695. The highest BCUT2D eigenvalue weighted by Gasteiger charge is 2.06. The van der Waals surface area contributed by atoms with Crippen LogP contribution in [0, 0.1) is 6.92 Å². The van der Waals surface area contributed by atoms with Crippen molar-refractivity contribution in [3.8, 4) is 0 Å². The molecular weight excluding hydrogens is 248 g/mol. The minimum Gasteiger partial charge on any atom is -0.341 e. The van der Waals surface area contributed by atoms with Crippen LogP contribution in [0.25, 0.3) is 10.9 Å². The van der Waals surface area contributed by atoms with E-state index in [2.05, 4.69) is 46.2 Å². The molecule has 2 N–H and O–H groups in total. The lowest BCUT2D eigenvalue weighted by Gasteiger charge is -2.06. The van der Waals surface area contributed by atoms with Gasteiger partial charge in [-0.1, -0.05) is 6.07 Å². The van der Waals surface area contributed by atoms with Crippen molar-refractivity contribution in [2.24, 2.45) is 12.8 Å². The Kier molecular flexibility index (Phi) is 3.32. The highest BCUT2D eigenvalue weighted by molar-refractivity contribution is 5.81. The fourth-order valence-electron chi connectivity index (χ4n) is 2.70. The van der Waals surface area contributed by atoms with Gasteiger partial charge in [0.05, 0.1) is 17.9 Å². The first-order valence-electron chi connectivity index (χ1n) is 6.95. The van der Waals surface area contributed by atoms with E-state index in [9.17, 15) is 0 Å². The summed E-state index contributed by atoms with van der Waals surface area (Å²) in [5.41, 5.74) is 10.4. The van der Waals surface area contributed by atoms with E-state index in [1.165, 1.54) is 22.2 Å². The molecule has 4 nitrogen and oxygen atoms in total. The highest BCUT2D eigenvalue weighted by atomic mass is 15.3. The van der Waals surface area contributed by atoms with Crippen LogP contribution in [0.5, 0.6) is 0 Å². The van der Waals surface area contributed by atoms with Gasteiger partial charge in [-0.2, -0.15) is 5.10 Å². The van der Waals surface area contributed by atoms with Gasteiger partial charge in [-0.25, -0.2) is 0 Å². The van der Waals surface area contributed by atoms with Gasteiger partial charge in [-0.15, -0.1) is 0 Å². The Morgan fingerprint density at radius 1 is 1.20 bits per heavy atom. The number of hydrogen-bond donors (Lipinski definition) is 1. The average Bonchev–Trinajstić information content (AvgIpc) is 2.94. The average molecular weight is 268 g/mol. The summed E-state index contributed by atoms with van der Waals surface area (Å²) < 4.78 is 4.21. The van der Waals surface area contributed by atoms with Crippen LogP contribution in [-0.4, -0.2) is 20.9 Å². The zero-order valence-corrected chi connectivity index (χ0v) is 12.0. The maximum Gasteiger partial charge on any atom is 0.0645 e. The molecule has 0 saturated heterocycles. The maximum absolute atomic E-state index is 5.62. The van der Waals surface area contributed by atoms with Gasteiger partial charge in [0.1, 0.15) is 0 Å². The van der Waals surface area contributed by atoms with Crippen molar-refractivity contribution in [2.45, 2.75) is 19.9 Å². The molecule has 0 aliphatic heterocycles. The number of nitrogens with zero attached hydrogens (tertiary/aromatic N) is 3. The van der Waals surface area contributed by atoms with Crippen LogP contribution < -0.4 is 5.73 Å². The van der Waals surface area contributed by atoms with E-state index in [0.29, 0.717) is 6.54 Å². The molecule has 0 aliphatic rings. The number of hydrogen-bond acceptors (Lipinski definition) is 2. The second kappa shape index (κ2) is 5.13. The molecule has 1 aromatic carbocycles. The molecule has 0 fully saturated rings. The monoisotopic (exact) mass is 268 g/mol. The summed E-state index contributed by atoms with van der Waals surface area (Å²) in [6, 6.07) is 10.9. The maximum atomic E-state index is 5.62. The van der Waals surface area contributed by atoms with Crippen LogP contribution in [0.1, 0.15) is 17.0 Å². The predicted octanol–water partition coefficient (Wildman–Crippen LogP) is 2.23. The summed E-state index contributed by atoms with van der Waals surface area (Å²) in [6.45, 7) is 3.56. The van der Waals surface area contributed by atoms with Crippen LogP contribution in [0.3, 0.4) is 0 Å². The Morgan fingerprint density at radius 3 is 2.75 bits per heavy atom. The van der Waals surface area contributed by atoms with Crippen LogP contribution in [0.2, 0.25) is 0 Å². The van der Waals surface area contributed by atoms with E-state index in [1.807, 2.05) is 18.7 Å². The molecule has 0 saturated carbocycles. The number of fused-ring (bicyclic) bond motifs is 1. The van der Waals surface area contributed by atoms with Crippen molar-refractivity contribution in [3.63, 3.8) is 0 Å². The summed E-state index contributed by atoms with van der Waals surface area (Å²) in [6.07, 6.45) is 3.07. The van der Waals surface area contributed by atoms with Crippen molar-refractivity contribution in [3.05, 3.63) is 53.5 Å². The highest BCUT2D eigenvalue weighted by Crippen LogP contribution is 2.19. The molecule has 0 spiro atoms.